The molecular formula is C12H11F3N2O2. The summed E-state index contributed by atoms with van der Waals surface area (Å²) >= 11 is 0. The summed E-state index contributed by atoms with van der Waals surface area (Å²) in [5.74, 6) is -0.675. The first-order valence-electron chi connectivity index (χ1n) is 5.55. The molecule has 0 bridgehead atoms. The third-order valence-corrected chi connectivity index (χ3v) is 2.67. The molecule has 1 aromatic carbocycles. The number of rotatable bonds is 2. The highest BCUT2D eigenvalue weighted by Crippen LogP contribution is 2.31. The molecule has 2 aromatic rings. The predicted octanol–water partition coefficient (Wildman–Crippen LogP) is 2.77. The summed E-state index contributed by atoms with van der Waals surface area (Å²) in [6.45, 7) is 1.82. The fourth-order valence-corrected chi connectivity index (χ4v) is 1.75. The maximum atomic E-state index is 12.6. The van der Waals surface area contributed by atoms with Crippen LogP contribution in [0.5, 0.6) is 0 Å². The van der Waals surface area contributed by atoms with Crippen molar-refractivity contribution >= 4 is 17.0 Å². The fourth-order valence-electron chi connectivity index (χ4n) is 1.75. The summed E-state index contributed by atoms with van der Waals surface area (Å²) in [7, 11) is 1.55. The number of carbonyl (C=O) groups excluding carboxylic acids is 1. The van der Waals surface area contributed by atoms with Gasteiger partial charge in [0.05, 0.1) is 23.2 Å². The number of nitrogens with zero attached hydrogens (tertiary/aromatic N) is 2. The number of aryl methyl sites for hydroxylation is 1. The van der Waals surface area contributed by atoms with Gasteiger partial charge in [-0.15, -0.1) is 0 Å². The highest BCUT2D eigenvalue weighted by atomic mass is 19.4. The molecule has 0 unspecified atom stereocenters. The number of halogens is 3. The molecule has 102 valence electrons. The molecule has 1 heterocycles. The van der Waals surface area contributed by atoms with Crippen molar-refractivity contribution in [1.29, 1.82) is 0 Å². The first-order valence-corrected chi connectivity index (χ1v) is 5.55. The van der Waals surface area contributed by atoms with Gasteiger partial charge in [0.15, 0.2) is 0 Å². The third kappa shape index (κ3) is 2.40. The molecule has 0 atom stereocenters. The van der Waals surface area contributed by atoms with E-state index in [-0.39, 0.29) is 17.9 Å². The van der Waals surface area contributed by atoms with Crippen LogP contribution in [0, 0.1) is 0 Å². The highest BCUT2D eigenvalue weighted by molar-refractivity contribution is 5.91. The lowest BCUT2D eigenvalue weighted by Gasteiger charge is -2.05. The van der Waals surface area contributed by atoms with Crippen LogP contribution >= 0.6 is 0 Å². The normalized spacial score (nSPS) is 11.8. The zero-order chi connectivity index (χ0) is 14.2. The maximum Gasteiger partial charge on any atom is 0.416 e. The smallest absolute Gasteiger partial charge is 0.416 e. The van der Waals surface area contributed by atoms with Gasteiger partial charge in [-0.1, -0.05) is 0 Å². The minimum Gasteiger partial charge on any atom is -0.460 e. The molecule has 0 radical (unpaired) electrons. The number of imidazole rings is 1. The van der Waals surface area contributed by atoms with Crippen molar-refractivity contribution in [2.75, 3.05) is 6.61 Å². The van der Waals surface area contributed by atoms with Gasteiger partial charge in [-0.2, -0.15) is 13.2 Å². The van der Waals surface area contributed by atoms with Gasteiger partial charge in [0.25, 0.3) is 0 Å². The lowest BCUT2D eigenvalue weighted by molar-refractivity contribution is -0.137. The molecule has 2 rings (SSSR count). The van der Waals surface area contributed by atoms with Crippen LogP contribution < -0.4 is 0 Å². The first kappa shape index (κ1) is 13.4. The molecule has 1 aromatic heterocycles. The molecule has 7 heteroatoms. The van der Waals surface area contributed by atoms with Gasteiger partial charge < -0.3 is 9.30 Å². The molecule has 0 saturated heterocycles. The molecule has 0 N–H and O–H groups in total. The largest absolute Gasteiger partial charge is 0.460 e. The van der Waals surface area contributed by atoms with Crippen molar-refractivity contribution in [3.05, 3.63) is 29.6 Å². The van der Waals surface area contributed by atoms with Crippen molar-refractivity contribution in [2.45, 2.75) is 13.1 Å². The molecule has 0 aliphatic heterocycles. The van der Waals surface area contributed by atoms with Gasteiger partial charge >= 0.3 is 12.1 Å². The summed E-state index contributed by atoms with van der Waals surface area (Å²) in [6, 6.07) is 3.16. The van der Waals surface area contributed by atoms with E-state index in [1.54, 1.807) is 14.0 Å². The Labute approximate surface area is 106 Å². The van der Waals surface area contributed by atoms with Gasteiger partial charge in [0.1, 0.15) is 0 Å². The minimum absolute atomic E-state index is 0.0174. The van der Waals surface area contributed by atoms with Crippen LogP contribution in [0.1, 0.15) is 23.1 Å². The number of hydrogen-bond acceptors (Lipinski definition) is 3. The SMILES string of the molecule is CCOC(=O)c1nc2cc(C(F)(F)F)ccc2n1C. The van der Waals surface area contributed by atoms with Crippen LogP contribution in [-0.2, 0) is 18.0 Å². The van der Waals surface area contributed by atoms with E-state index < -0.39 is 17.7 Å². The summed E-state index contributed by atoms with van der Waals surface area (Å²) in [5, 5.41) is 0. The first-order chi connectivity index (χ1) is 8.84. The Morgan fingerprint density at radius 3 is 2.68 bits per heavy atom. The number of hydrogen-bond donors (Lipinski definition) is 0. The van der Waals surface area contributed by atoms with Gasteiger partial charge in [0, 0.05) is 7.05 Å². The van der Waals surface area contributed by atoms with E-state index in [0.29, 0.717) is 5.52 Å². The number of benzene rings is 1. The van der Waals surface area contributed by atoms with Gasteiger partial charge in [0.2, 0.25) is 5.82 Å². The Kier molecular flexibility index (Phi) is 3.21. The van der Waals surface area contributed by atoms with Crippen LogP contribution in [0.2, 0.25) is 0 Å². The lowest BCUT2D eigenvalue weighted by atomic mass is 10.2. The number of ether oxygens (including phenoxy) is 1. The summed E-state index contributed by atoms with van der Waals surface area (Å²) < 4.78 is 43.9. The number of carbonyl (C=O) groups is 1. The van der Waals surface area contributed by atoms with Crippen LogP contribution in [0.25, 0.3) is 11.0 Å². The number of aromatic nitrogens is 2. The van der Waals surface area contributed by atoms with E-state index in [4.69, 9.17) is 4.74 Å². The van der Waals surface area contributed by atoms with Crippen molar-refractivity contribution in [2.24, 2.45) is 7.05 Å². The average molecular weight is 272 g/mol. The van der Waals surface area contributed by atoms with E-state index in [1.165, 1.54) is 10.6 Å². The van der Waals surface area contributed by atoms with Crippen LogP contribution in [0.3, 0.4) is 0 Å². The molecule has 0 spiro atoms. The second kappa shape index (κ2) is 4.56. The molecular weight excluding hydrogens is 261 g/mol. The fraction of sp³-hybridized carbons (Fsp3) is 0.333. The lowest BCUT2D eigenvalue weighted by Crippen LogP contribution is -2.11. The van der Waals surface area contributed by atoms with E-state index in [0.717, 1.165) is 12.1 Å². The van der Waals surface area contributed by atoms with Gasteiger partial charge in [-0.25, -0.2) is 9.78 Å². The standard InChI is InChI=1S/C12H11F3N2O2/c1-3-19-11(18)10-16-8-6-7(12(13,14)15)4-5-9(8)17(10)2/h4-6H,3H2,1-2H3. The molecule has 0 amide bonds. The Morgan fingerprint density at radius 1 is 1.42 bits per heavy atom. The molecule has 0 fully saturated rings. The summed E-state index contributed by atoms with van der Waals surface area (Å²) in [4.78, 5) is 15.5. The van der Waals surface area contributed by atoms with Crippen molar-refractivity contribution in [1.82, 2.24) is 9.55 Å². The molecule has 0 aliphatic carbocycles. The zero-order valence-electron chi connectivity index (χ0n) is 10.3. The Bertz CT molecular complexity index is 632. The Hall–Kier alpha value is -2.05. The summed E-state index contributed by atoms with van der Waals surface area (Å²) in [6.07, 6.45) is -4.43. The second-order valence-electron chi connectivity index (χ2n) is 3.92. The van der Waals surface area contributed by atoms with Crippen LogP contribution in [0.15, 0.2) is 18.2 Å². The monoisotopic (exact) mass is 272 g/mol. The summed E-state index contributed by atoms with van der Waals surface area (Å²) in [5.41, 5.74) is -0.245. The van der Waals surface area contributed by atoms with Crippen molar-refractivity contribution in [3.8, 4) is 0 Å². The van der Waals surface area contributed by atoms with Gasteiger partial charge in [-0.3, -0.25) is 0 Å². The van der Waals surface area contributed by atoms with E-state index in [2.05, 4.69) is 4.98 Å². The Morgan fingerprint density at radius 2 is 2.11 bits per heavy atom. The van der Waals surface area contributed by atoms with E-state index in [9.17, 15) is 18.0 Å². The number of fused-ring (bicyclic) bond motifs is 1. The average Bonchev–Trinajstić information content (AvgIpc) is 2.66. The predicted molar refractivity (Wildman–Crippen MR) is 61.7 cm³/mol. The zero-order valence-corrected chi connectivity index (χ0v) is 10.3. The second-order valence-corrected chi connectivity index (χ2v) is 3.92. The quantitative estimate of drug-likeness (QED) is 0.789. The maximum absolute atomic E-state index is 12.6. The molecule has 19 heavy (non-hydrogen) atoms. The number of esters is 1. The third-order valence-electron chi connectivity index (χ3n) is 2.67. The minimum atomic E-state index is -4.43. The van der Waals surface area contributed by atoms with Crippen molar-refractivity contribution in [3.63, 3.8) is 0 Å². The molecule has 0 aliphatic rings. The van der Waals surface area contributed by atoms with Crippen LogP contribution in [0.4, 0.5) is 13.2 Å². The Balaban J connectivity index is 2.54. The molecule has 4 nitrogen and oxygen atoms in total. The number of alkyl halides is 3. The van der Waals surface area contributed by atoms with E-state index in [1.807, 2.05) is 0 Å². The van der Waals surface area contributed by atoms with E-state index >= 15 is 0 Å². The van der Waals surface area contributed by atoms with Gasteiger partial charge in [-0.05, 0) is 25.1 Å². The molecule has 0 saturated carbocycles. The van der Waals surface area contributed by atoms with Crippen molar-refractivity contribution < 1.29 is 22.7 Å². The topological polar surface area (TPSA) is 44.1 Å². The van der Waals surface area contributed by atoms with Crippen LogP contribution in [-0.4, -0.2) is 22.1 Å². The highest BCUT2D eigenvalue weighted by Gasteiger charge is 2.31.